The number of alkyl halides is 3. The van der Waals surface area contributed by atoms with Crippen LogP contribution in [0.2, 0.25) is 0 Å². The molecule has 0 radical (unpaired) electrons. The average molecular weight is 408 g/mol. The van der Waals surface area contributed by atoms with Crippen LogP contribution in [0.1, 0.15) is 28.8 Å². The van der Waals surface area contributed by atoms with Crippen molar-refractivity contribution in [2.24, 2.45) is 5.92 Å². The van der Waals surface area contributed by atoms with Gasteiger partial charge in [-0.05, 0) is 37.1 Å². The van der Waals surface area contributed by atoms with Crippen molar-refractivity contribution in [3.05, 3.63) is 65.7 Å². The summed E-state index contributed by atoms with van der Waals surface area (Å²) in [6, 6.07) is 15.5. The second-order valence-electron chi connectivity index (χ2n) is 7.47. The third kappa shape index (κ3) is 6.05. The van der Waals surface area contributed by atoms with Gasteiger partial charge in [0.25, 0.3) is 0 Å². The Morgan fingerprint density at radius 1 is 1.10 bits per heavy atom. The van der Waals surface area contributed by atoms with E-state index >= 15 is 0 Å². The van der Waals surface area contributed by atoms with Crippen molar-refractivity contribution in [3.63, 3.8) is 0 Å². The molecule has 1 aliphatic rings. The lowest BCUT2D eigenvalue weighted by atomic mass is 9.97. The summed E-state index contributed by atoms with van der Waals surface area (Å²) in [6.45, 7) is 0.833. The summed E-state index contributed by atoms with van der Waals surface area (Å²) in [5.74, 6) is -0.894. The van der Waals surface area contributed by atoms with Crippen molar-refractivity contribution in [2.45, 2.75) is 25.1 Å². The third-order valence-electron chi connectivity index (χ3n) is 5.20. The summed E-state index contributed by atoms with van der Waals surface area (Å²) in [6.07, 6.45) is -4.37. The van der Waals surface area contributed by atoms with Crippen LogP contribution in [-0.4, -0.2) is 49.4 Å². The van der Waals surface area contributed by atoms with E-state index in [9.17, 15) is 23.1 Å². The van der Waals surface area contributed by atoms with Gasteiger partial charge >= 0.3 is 6.18 Å². The molecule has 2 aromatic carbocycles. The van der Waals surface area contributed by atoms with E-state index in [0.29, 0.717) is 29.8 Å². The number of halogens is 3. The van der Waals surface area contributed by atoms with Crippen LogP contribution in [0.5, 0.6) is 5.75 Å². The normalized spacial score (nSPS) is 20.8. The molecule has 0 aliphatic carbocycles. The fourth-order valence-corrected chi connectivity index (χ4v) is 3.66. The van der Waals surface area contributed by atoms with Crippen molar-refractivity contribution in [3.8, 4) is 5.75 Å². The molecule has 1 aliphatic heterocycles. The van der Waals surface area contributed by atoms with Gasteiger partial charge in [0.15, 0.2) is 5.78 Å². The zero-order chi connectivity index (χ0) is 20.9. The number of carbonyl (C=O) groups is 1. The average Bonchev–Trinajstić information content (AvgIpc) is 2.72. The Kier molecular flexibility index (Phi) is 6.92. The number of benzene rings is 2. The van der Waals surface area contributed by atoms with Gasteiger partial charge in [-0.25, -0.2) is 0 Å². The van der Waals surface area contributed by atoms with Gasteiger partial charge in [0.1, 0.15) is 30.9 Å². The number of rotatable bonds is 7. The number of piperidine rings is 1. The van der Waals surface area contributed by atoms with Crippen LogP contribution in [0.3, 0.4) is 0 Å². The molecular weight excluding hydrogens is 383 g/mol. The molecule has 29 heavy (non-hydrogen) atoms. The van der Waals surface area contributed by atoms with Crippen LogP contribution in [0, 0.1) is 5.92 Å². The minimum Gasteiger partial charge on any atom is -0.491 e. The fourth-order valence-electron chi connectivity index (χ4n) is 3.66. The van der Waals surface area contributed by atoms with E-state index in [4.69, 9.17) is 4.74 Å². The fraction of sp³-hybridized carbons (Fsp3) is 0.409. The van der Waals surface area contributed by atoms with Gasteiger partial charge in [-0.1, -0.05) is 30.3 Å². The summed E-state index contributed by atoms with van der Waals surface area (Å²) in [7, 11) is 0. The molecule has 1 fully saturated rings. The lowest BCUT2D eigenvalue weighted by Crippen LogP contribution is -3.15. The predicted octanol–water partition coefficient (Wildman–Crippen LogP) is 2.51. The highest BCUT2D eigenvalue weighted by Crippen LogP contribution is 2.29. The molecule has 4 nitrogen and oxygen atoms in total. The van der Waals surface area contributed by atoms with E-state index in [1.807, 2.05) is 6.07 Å². The molecule has 1 saturated heterocycles. The summed E-state index contributed by atoms with van der Waals surface area (Å²) < 4.78 is 44.2. The smallest absolute Gasteiger partial charge is 0.397 e. The minimum absolute atomic E-state index is 0.00312. The topological polar surface area (TPSA) is 51.0 Å². The first-order chi connectivity index (χ1) is 13.8. The first kappa shape index (κ1) is 21.3. The number of hydrogen-bond acceptors (Lipinski definition) is 3. The first-order valence-electron chi connectivity index (χ1n) is 9.74. The summed E-state index contributed by atoms with van der Waals surface area (Å²) in [5, 5.41) is 10.2. The Bertz CT molecular complexity index is 793. The number of hydrogen-bond donors (Lipinski definition) is 2. The number of aliphatic hydroxyl groups excluding tert-OH is 1. The third-order valence-corrected chi connectivity index (χ3v) is 5.20. The van der Waals surface area contributed by atoms with Gasteiger partial charge < -0.3 is 14.7 Å². The Labute approximate surface area is 167 Å². The summed E-state index contributed by atoms with van der Waals surface area (Å²) >= 11 is 0. The van der Waals surface area contributed by atoms with Gasteiger partial charge in [-0.2, -0.15) is 13.2 Å². The maximum absolute atomic E-state index is 12.9. The quantitative estimate of drug-likeness (QED) is 0.693. The Morgan fingerprint density at radius 2 is 1.76 bits per heavy atom. The van der Waals surface area contributed by atoms with Crippen LogP contribution in [-0.2, 0) is 0 Å². The van der Waals surface area contributed by atoms with Crippen molar-refractivity contribution >= 4 is 5.78 Å². The van der Waals surface area contributed by atoms with E-state index in [1.165, 1.54) is 0 Å². The Balaban J connectivity index is 1.48. The predicted molar refractivity (Wildman–Crippen MR) is 102 cm³/mol. The van der Waals surface area contributed by atoms with Crippen LogP contribution in [0.25, 0.3) is 0 Å². The van der Waals surface area contributed by atoms with Crippen molar-refractivity contribution in [2.75, 3.05) is 26.2 Å². The van der Waals surface area contributed by atoms with Gasteiger partial charge in [0, 0.05) is 11.1 Å². The molecule has 0 bridgehead atoms. The molecular formula is C22H25F3NO3+. The molecule has 1 heterocycles. The number of likely N-dealkylation sites (tertiary alicyclic amines) is 1. The molecule has 1 unspecified atom stereocenters. The maximum Gasteiger partial charge on any atom is 0.397 e. The molecule has 3 atom stereocenters. The highest BCUT2D eigenvalue weighted by Gasteiger charge is 2.44. The van der Waals surface area contributed by atoms with Crippen LogP contribution in [0.4, 0.5) is 13.2 Å². The van der Waals surface area contributed by atoms with Crippen LogP contribution >= 0.6 is 0 Å². The second-order valence-corrected chi connectivity index (χ2v) is 7.47. The van der Waals surface area contributed by atoms with Crippen molar-refractivity contribution in [1.29, 1.82) is 0 Å². The maximum atomic E-state index is 12.9. The molecule has 2 N–H and O–H groups in total. The second kappa shape index (κ2) is 9.41. The van der Waals surface area contributed by atoms with Gasteiger partial charge in [0.2, 0.25) is 0 Å². The molecule has 7 heteroatoms. The lowest BCUT2D eigenvalue weighted by molar-refractivity contribution is -0.913. The Morgan fingerprint density at radius 3 is 2.41 bits per heavy atom. The van der Waals surface area contributed by atoms with Crippen molar-refractivity contribution < 1.29 is 32.7 Å². The molecule has 0 saturated carbocycles. The number of quaternary nitrogens is 1. The number of nitrogens with one attached hydrogen (secondary N) is 1. The lowest BCUT2D eigenvalue weighted by Gasteiger charge is -2.32. The standard InChI is InChI=1S/C22H24F3NO3/c23-22(24,25)18-7-4-12-26(13-18)14-19(27)15-29-20-10-8-17(9-11-20)21(28)16-5-2-1-3-6-16/h1-3,5-6,8-11,18-19,27H,4,7,12-15H2/p+1/t18-,19+/m0/s1. The van der Waals surface area contributed by atoms with Gasteiger partial charge in [-0.15, -0.1) is 0 Å². The number of ketones is 1. The monoisotopic (exact) mass is 408 g/mol. The highest BCUT2D eigenvalue weighted by atomic mass is 19.4. The van der Waals surface area contributed by atoms with E-state index in [1.54, 1.807) is 48.5 Å². The zero-order valence-corrected chi connectivity index (χ0v) is 16.0. The summed E-state index contributed by atoms with van der Waals surface area (Å²) in [5.41, 5.74) is 1.12. The van der Waals surface area contributed by atoms with Crippen LogP contribution in [0.15, 0.2) is 54.6 Å². The SMILES string of the molecule is O=C(c1ccccc1)c1ccc(OC[C@H](O)C[NH+]2CCC[C@H](C(F)(F)F)C2)cc1. The van der Waals surface area contributed by atoms with E-state index in [2.05, 4.69) is 0 Å². The van der Waals surface area contributed by atoms with Crippen LogP contribution < -0.4 is 9.64 Å². The Hall–Kier alpha value is -2.38. The largest absolute Gasteiger partial charge is 0.491 e. The molecule has 0 amide bonds. The molecule has 2 aromatic rings. The van der Waals surface area contributed by atoms with Gasteiger partial charge in [-0.3, -0.25) is 4.79 Å². The zero-order valence-electron chi connectivity index (χ0n) is 16.0. The highest BCUT2D eigenvalue weighted by molar-refractivity contribution is 6.08. The van der Waals surface area contributed by atoms with E-state index < -0.39 is 18.2 Å². The summed E-state index contributed by atoms with van der Waals surface area (Å²) in [4.78, 5) is 13.1. The molecule has 156 valence electrons. The minimum atomic E-state index is -4.17. The molecule has 0 spiro atoms. The van der Waals surface area contributed by atoms with E-state index in [0.717, 1.165) is 4.90 Å². The number of aliphatic hydroxyl groups is 1. The first-order valence-corrected chi connectivity index (χ1v) is 9.74. The molecule has 3 rings (SSSR count). The van der Waals surface area contributed by atoms with E-state index in [-0.39, 0.29) is 31.9 Å². The molecule has 0 aromatic heterocycles. The van der Waals surface area contributed by atoms with Crippen molar-refractivity contribution in [1.82, 2.24) is 0 Å². The van der Waals surface area contributed by atoms with Gasteiger partial charge in [0.05, 0.1) is 13.1 Å². The number of ether oxygens (including phenoxy) is 1. The number of carbonyl (C=O) groups excluding carboxylic acids is 1.